The van der Waals surface area contributed by atoms with Crippen LogP contribution in [0.5, 0.6) is 0 Å². The van der Waals surface area contributed by atoms with E-state index in [1.165, 1.54) is 24.4 Å². The van der Waals surface area contributed by atoms with Crippen LogP contribution in [0.1, 0.15) is 16.2 Å². The van der Waals surface area contributed by atoms with Crippen LogP contribution in [-0.2, 0) is 0 Å². The summed E-state index contributed by atoms with van der Waals surface area (Å²) in [7, 11) is 0. The largest absolute Gasteiger partial charge is 0.433 e. The van der Waals surface area contributed by atoms with E-state index in [1.54, 1.807) is 12.1 Å². The van der Waals surface area contributed by atoms with Crippen LogP contribution in [0.3, 0.4) is 0 Å². The van der Waals surface area contributed by atoms with Crippen LogP contribution in [-0.4, -0.2) is 22.0 Å². The van der Waals surface area contributed by atoms with Crippen molar-refractivity contribution in [1.82, 2.24) is 10.4 Å². The number of hydrogen-bond donors (Lipinski definition) is 1. The molecule has 96 valence electrons. The molecule has 8 heteroatoms. The lowest BCUT2D eigenvalue weighted by atomic mass is 10.3. The normalized spacial score (nSPS) is 10.5. The number of carbonyl (C=O) groups excluding carboxylic acids is 1. The van der Waals surface area contributed by atoms with Crippen molar-refractivity contribution in [3.05, 3.63) is 58.1 Å². The lowest BCUT2D eigenvalue weighted by molar-refractivity contribution is -0.402. The van der Waals surface area contributed by atoms with Gasteiger partial charge in [-0.05, 0) is 18.2 Å². The molecule has 0 radical (unpaired) electrons. The van der Waals surface area contributed by atoms with Gasteiger partial charge in [0.25, 0.3) is 5.91 Å². The summed E-state index contributed by atoms with van der Waals surface area (Å²) >= 11 is 0. The molecule has 1 amide bonds. The van der Waals surface area contributed by atoms with Gasteiger partial charge in [0.05, 0.1) is 12.3 Å². The first-order chi connectivity index (χ1) is 9.16. The summed E-state index contributed by atoms with van der Waals surface area (Å²) in [5, 5.41) is 14.0. The summed E-state index contributed by atoms with van der Waals surface area (Å²) in [6.07, 6.45) is 2.64. The van der Waals surface area contributed by atoms with E-state index >= 15 is 0 Å². The van der Waals surface area contributed by atoms with Crippen LogP contribution in [0.2, 0.25) is 0 Å². The second kappa shape index (κ2) is 5.54. The molecule has 0 aliphatic heterocycles. The van der Waals surface area contributed by atoms with E-state index in [-0.39, 0.29) is 11.5 Å². The number of hydrazone groups is 1. The molecule has 2 aromatic rings. The molecule has 0 aliphatic rings. The van der Waals surface area contributed by atoms with Crippen molar-refractivity contribution in [2.75, 3.05) is 0 Å². The zero-order chi connectivity index (χ0) is 13.7. The van der Waals surface area contributed by atoms with Crippen LogP contribution in [0.25, 0.3) is 0 Å². The molecular weight excluding hydrogens is 252 g/mol. The van der Waals surface area contributed by atoms with Gasteiger partial charge in [0.1, 0.15) is 10.6 Å². The SMILES string of the molecule is O=C(N/N=C/c1ccc([N+](=O)[O-])o1)c1ccccn1. The van der Waals surface area contributed by atoms with Crippen molar-refractivity contribution in [3.63, 3.8) is 0 Å². The fourth-order valence-corrected chi connectivity index (χ4v) is 1.22. The number of pyridine rings is 1. The predicted molar refractivity (Wildman–Crippen MR) is 64.7 cm³/mol. The van der Waals surface area contributed by atoms with E-state index in [0.29, 0.717) is 0 Å². The number of amides is 1. The van der Waals surface area contributed by atoms with Gasteiger partial charge in [0, 0.05) is 6.20 Å². The van der Waals surface area contributed by atoms with Crippen molar-refractivity contribution in [2.24, 2.45) is 5.10 Å². The maximum atomic E-state index is 11.5. The van der Waals surface area contributed by atoms with Gasteiger partial charge in [0.15, 0.2) is 5.76 Å². The maximum Gasteiger partial charge on any atom is 0.433 e. The third-order valence-electron chi connectivity index (χ3n) is 2.05. The van der Waals surface area contributed by atoms with Gasteiger partial charge in [-0.2, -0.15) is 5.10 Å². The Morgan fingerprint density at radius 3 is 2.89 bits per heavy atom. The molecule has 1 N–H and O–H groups in total. The van der Waals surface area contributed by atoms with Crippen LogP contribution >= 0.6 is 0 Å². The van der Waals surface area contributed by atoms with Crippen LogP contribution in [0.15, 0.2) is 46.0 Å². The Labute approximate surface area is 106 Å². The minimum atomic E-state index is -0.663. The van der Waals surface area contributed by atoms with Crippen LogP contribution in [0, 0.1) is 10.1 Å². The zero-order valence-corrected chi connectivity index (χ0v) is 9.52. The van der Waals surface area contributed by atoms with E-state index in [0.717, 1.165) is 6.21 Å². The summed E-state index contributed by atoms with van der Waals surface area (Å²) in [6, 6.07) is 7.45. The number of furan rings is 1. The molecule has 2 heterocycles. The highest BCUT2D eigenvalue weighted by molar-refractivity contribution is 5.92. The molecule has 0 bridgehead atoms. The van der Waals surface area contributed by atoms with E-state index in [4.69, 9.17) is 4.42 Å². The minimum absolute atomic E-state index is 0.160. The van der Waals surface area contributed by atoms with Gasteiger partial charge in [0.2, 0.25) is 0 Å². The van der Waals surface area contributed by atoms with Gasteiger partial charge < -0.3 is 4.42 Å². The van der Waals surface area contributed by atoms with E-state index < -0.39 is 16.7 Å². The highest BCUT2D eigenvalue weighted by Crippen LogP contribution is 2.13. The summed E-state index contributed by atoms with van der Waals surface area (Å²) in [5.41, 5.74) is 2.44. The highest BCUT2D eigenvalue weighted by atomic mass is 16.6. The van der Waals surface area contributed by atoms with Crippen molar-refractivity contribution >= 4 is 18.0 Å². The molecule has 0 atom stereocenters. The molecule has 2 aromatic heterocycles. The average Bonchev–Trinajstić information content (AvgIpc) is 2.89. The summed E-state index contributed by atoms with van der Waals surface area (Å²) in [5.74, 6) is -0.719. The summed E-state index contributed by atoms with van der Waals surface area (Å²) < 4.78 is 4.82. The Bertz CT molecular complexity index is 621. The molecule has 2 rings (SSSR count). The third-order valence-corrected chi connectivity index (χ3v) is 2.05. The lowest BCUT2D eigenvalue weighted by Gasteiger charge is -1.96. The summed E-state index contributed by atoms with van der Waals surface area (Å²) in [6.45, 7) is 0. The third kappa shape index (κ3) is 3.22. The number of rotatable bonds is 4. The topological polar surface area (TPSA) is 111 Å². The number of nitrogens with one attached hydrogen (secondary N) is 1. The first-order valence-electron chi connectivity index (χ1n) is 5.15. The monoisotopic (exact) mass is 260 g/mol. The number of nitro groups is 1. The average molecular weight is 260 g/mol. The molecule has 0 unspecified atom stereocenters. The van der Waals surface area contributed by atoms with Gasteiger partial charge in [-0.1, -0.05) is 6.07 Å². The second-order valence-corrected chi connectivity index (χ2v) is 3.35. The van der Waals surface area contributed by atoms with Crippen molar-refractivity contribution in [3.8, 4) is 0 Å². The van der Waals surface area contributed by atoms with Crippen LogP contribution < -0.4 is 5.43 Å². The first kappa shape index (κ1) is 12.4. The van der Waals surface area contributed by atoms with Gasteiger partial charge in [-0.3, -0.25) is 19.9 Å². The predicted octanol–water partition coefficient (Wildman–Crippen LogP) is 1.35. The van der Waals surface area contributed by atoms with Crippen LogP contribution in [0.4, 0.5) is 5.88 Å². The molecule has 8 nitrogen and oxygen atoms in total. The number of hydrogen-bond acceptors (Lipinski definition) is 6. The second-order valence-electron chi connectivity index (χ2n) is 3.35. The Morgan fingerprint density at radius 2 is 2.26 bits per heavy atom. The Kier molecular flexibility index (Phi) is 3.62. The van der Waals surface area contributed by atoms with Gasteiger partial charge in [-0.15, -0.1) is 0 Å². The number of carbonyl (C=O) groups is 1. The Balaban J connectivity index is 1.96. The molecule has 0 saturated heterocycles. The lowest BCUT2D eigenvalue weighted by Crippen LogP contribution is -2.18. The summed E-state index contributed by atoms with van der Waals surface area (Å²) in [4.78, 5) is 25.1. The van der Waals surface area contributed by atoms with E-state index in [2.05, 4.69) is 15.5 Å². The minimum Gasteiger partial charge on any atom is -0.400 e. The fourth-order valence-electron chi connectivity index (χ4n) is 1.22. The molecular formula is C11H8N4O4. The Morgan fingerprint density at radius 1 is 1.42 bits per heavy atom. The van der Waals surface area contributed by atoms with E-state index in [1.807, 2.05) is 0 Å². The fraction of sp³-hybridized carbons (Fsp3) is 0. The molecule has 19 heavy (non-hydrogen) atoms. The molecule has 0 aliphatic carbocycles. The van der Waals surface area contributed by atoms with Crippen molar-refractivity contribution < 1.29 is 14.1 Å². The molecule has 0 spiro atoms. The molecule has 0 fully saturated rings. The number of nitrogens with zero attached hydrogens (tertiary/aromatic N) is 3. The quantitative estimate of drug-likeness (QED) is 0.506. The highest BCUT2D eigenvalue weighted by Gasteiger charge is 2.10. The number of aromatic nitrogens is 1. The Hall–Kier alpha value is -3.03. The zero-order valence-electron chi connectivity index (χ0n) is 9.52. The maximum absolute atomic E-state index is 11.5. The van der Waals surface area contributed by atoms with Gasteiger partial charge >= 0.3 is 5.88 Å². The van der Waals surface area contributed by atoms with E-state index in [9.17, 15) is 14.9 Å². The smallest absolute Gasteiger partial charge is 0.400 e. The molecule has 0 aromatic carbocycles. The molecule has 0 saturated carbocycles. The first-order valence-corrected chi connectivity index (χ1v) is 5.15. The van der Waals surface area contributed by atoms with Crippen molar-refractivity contribution in [1.29, 1.82) is 0 Å². The van der Waals surface area contributed by atoms with Crippen molar-refractivity contribution in [2.45, 2.75) is 0 Å². The standard InChI is InChI=1S/C11H8N4O4/c16-11(9-3-1-2-6-12-9)14-13-7-8-4-5-10(19-8)15(17)18/h1-7H,(H,14,16)/b13-7+. The van der Waals surface area contributed by atoms with Gasteiger partial charge in [-0.25, -0.2) is 5.43 Å².